The number of hydrogen-bond acceptors (Lipinski definition) is 2. The molecule has 0 aliphatic heterocycles. The van der Waals surface area contributed by atoms with E-state index < -0.39 is 18.5 Å². The summed E-state index contributed by atoms with van der Waals surface area (Å²) < 4.78 is 47.6. The van der Waals surface area contributed by atoms with Crippen molar-refractivity contribution in [2.24, 2.45) is 0 Å². The first kappa shape index (κ1) is 10.7. The van der Waals surface area contributed by atoms with Crippen molar-refractivity contribution >= 4 is 5.82 Å². The van der Waals surface area contributed by atoms with Crippen LogP contribution in [0.25, 0.3) is 0 Å². The third kappa shape index (κ3) is 4.06. The van der Waals surface area contributed by atoms with Crippen LogP contribution in [0.1, 0.15) is 6.42 Å². The fourth-order valence-electron chi connectivity index (χ4n) is 0.839. The standard InChI is InChI=1S/C8H8F4N2/c9-6-2-1-3-7(14-6)13-5-4-8(10,11)12/h1-3H,4-5H2,(H,13,14). The number of hydrogen-bond donors (Lipinski definition) is 1. The Morgan fingerprint density at radius 3 is 2.57 bits per heavy atom. The molecule has 0 saturated carbocycles. The van der Waals surface area contributed by atoms with Crippen LogP contribution in [0.15, 0.2) is 18.2 Å². The first-order chi connectivity index (χ1) is 6.47. The van der Waals surface area contributed by atoms with Crippen molar-refractivity contribution in [3.8, 4) is 0 Å². The maximum absolute atomic E-state index is 12.5. The lowest BCUT2D eigenvalue weighted by molar-refractivity contribution is -0.131. The molecule has 0 spiro atoms. The predicted octanol–water partition coefficient (Wildman–Crippen LogP) is 2.59. The van der Waals surface area contributed by atoms with Crippen molar-refractivity contribution in [2.45, 2.75) is 12.6 Å². The molecule has 1 aromatic rings. The summed E-state index contributed by atoms with van der Waals surface area (Å²) in [5, 5.41) is 2.37. The Kier molecular flexibility index (Phi) is 3.27. The number of aromatic nitrogens is 1. The summed E-state index contributed by atoms with van der Waals surface area (Å²) in [5.41, 5.74) is 0. The summed E-state index contributed by atoms with van der Waals surface area (Å²) in [6, 6.07) is 3.90. The molecule has 0 fully saturated rings. The molecule has 0 amide bonds. The molecule has 0 atom stereocenters. The number of rotatable bonds is 3. The van der Waals surface area contributed by atoms with E-state index in [2.05, 4.69) is 10.3 Å². The molecule has 0 saturated heterocycles. The Hall–Kier alpha value is -1.33. The Morgan fingerprint density at radius 2 is 2.00 bits per heavy atom. The number of halogens is 4. The average Bonchev–Trinajstić information content (AvgIpc) is 2.01. The molecule has 0 aliphatic rings. The number of nitrogens with one attached hydrogen (secondary N) is 1. The van der Waals surface area contributed by atoms with E-state index in [0.717, 1.165) is 6.07 Å². The van der Waals surface area contributed by atoms with Gasteiger partial charge >= 0.3 is 6.18 Å². The monoisotopic (exact) mass is 208 g/mol. The minimum atomic E-state index is -4.21. The van der Waals surface area contributed by atoms with Gasteiger partial charge in [-0.25, -0.2) is 4.98 Å². The van der Waals surface area contributed by atoms with Gasteiger partial charge in [0, 0.05) is 6.54 Å². The smallest absolute Gasteiger partial charge is 0.370 e. The lowest BCUT2D eigenvalue weighted by Crippen LogP contribution is -2.15. The Bertz CT molecular complexity index is 298. The van der Waals surface area contributed by atoms with Crippen molar-refractivity contribution in [1.29, 1.82) is 0 Å². The highest BCUT2D eigenvalue weighted by atomic mass is 19.4. The molecular weight excluding hydrogens is 200 g/mol. The zero-order valence-corrected chi connectivity index (χ0v) is 7.11. The summed E-state index contributed by atoms with van der Waals surface area (Å²) in [6.07, 6.45) is -5.18. The zero-order chi connectivity index (χ0) is 10.6. The Labute approximate surface area is 78.0 Å². The lowest BCUT2D eigenvalue weighted by atomic mass is 10.4. The van der Waals surface area contributed by atoms with Gasteiger partial charge in [0.1, 0.15) is 5.82 Å². The highest BCUT2D eigenvalue weighted by Crippen LogP contribution is 2.19. The van der Waals surface area contributed by atoms with E-state index >= 15 is 0 Å². The van der Waals surface area contributed by atoms with E-state index in [9.17, 15) is 17.6 Å². The molecule has 0 bridgehead atoms. The summed E-state index contributed by atoms with van der Waals surface area (Å²) >= 11 is 0. The van der Waals surface area contributed by atoms with Gasteiger partial charge in [-0.3, -0.25) is 0 Å². The summed E-state index contributed by atoms with van der Waals surface area (Å²) in [7, 11) is 0. The van der Waals surface area contributed by atoms with Crippen LogP contribution in [0.4, 0.5) is 23.4 Å². The molecule has 0 radical (unpaired) electrons. The van der Waals surface area contributed by atoms with Gasteiger partial charge in [0.05, 0.1) is 6.42 Å². The van der Waals surface area contributed by atoms with E-state index in [-0.39, 0.29) is 12.4 Å². The first-order valence-electron chi connectivity index (χ1n) is 3.90. The quantitative estimate of drug-likeness (QED) is 0.610. The highest BCUT2D eigenvalue weighted by Gasteiger charge is 2.26. The van der Waals surface area contributed by atoms with E-state index in [0.29, 0.717) is 0 Å². The van der Waals surface area contributed by atoms with Crippen LogP contribution < -0.4 is 5.32 Å². The summed E-state index contributed by atoms with van der Waals surface area (Å²) in [6.45, 7) is -0.306. The third-order valence-electron chi connectivity index (χ3n) is 1.43. The largest absolute Gasteiger partial charge is 0.390 e. The van der Waals surface area contributed by atoms with Gasteiger partial charge < -0.3 is 5.32 Å². The number of alkyl halides is 3. The molecule has 1 N–H and O–H groups in total. The molecule has 78 valence electrons. The van der Waals surface area contributed by atoms with Crippen molar-refractivity contribution in [3.63, 3.8) is 0 Å². The lowest BCUT2D eigenvalue weighted by Gasteiger charge is -2.07. The molecule has 0 unspecified atom stereocenters. The second kappa shape index (κ2) is 4.26. The number of anilines is 1. The van der Waals surface area contributed by atoms with Crippen LogP contribution >= 0.6 is 0 Å². The fourth-order valence-corrected chi connectivity index (χ4v) is 0.839. The highest BCUT2D eigenvalue weighted by molar-refractivity contribution is 5.33. The minimum absolute atomic E-state index is 0.106. The molecule has 1 heterocycles. The van der Waals surface area contributed by atoms with Crippen LogP contribution in [0.5, 0.6) is 0 Å². The number of pyridine rings is 1. The molecule has 1 aromatic heterocycles. The van der Waals surface area contributed by atoms with Crippen molar-refractivity contribution < 1.29 is 17.6 Å². The minimum Gasteiger partial charge on any atom is -0.370 e. The average molecular weight is 208 g/mol. The topological polar surface area (TPSA) is 24.9 Å². The Balaban J connectivity index is 2.39. The van der Waals surface area contributed by atoms with Gasteiger partial charge in [-0.2, -0.15) is 17.6 Å². The van der Waals surface area contributed by atoms with Gasteiger partial charge in [0.2, 0.25) is 5.95 Å². The fraction of sp³-hybridized carbons (Fsp3) is 0.375. The van der Waals surface area contributed by atoms with Crippen LogP contribution in [0, 0.1) is 5.95 Å². The molecule has 6 heteroatoms. The summed E-state index contributed by atoms with van der Waals surface area (Å²) in [4.78, 5) is 3.35. The van der Waals surface area contributed by atoms with Gasteiger partial charge in [-0.15, -0.1) is 0 Å². The maximum Gasteiger partial charge on any atom is 0.390 e. The first-order valence-corrected chi connectivity index (χ1v) is 3.90. The van der Waals surface area contributed by atoms with Gasteiger partial charge in [0.15, 0.2) is 0 Å². The molecule has 1 rings (SSSR count). The zero-order valence-electron chi connectivity index (χ0n) is 7.11. The third-order valence-corrected chi connectivity index (χ3v) is 1.43. The maximum atomic E-state index is 12.5. The predicted molar refractivity (Wildman–Crippen MR) is 43.4 cm³/mol. The van der Waals surface area contributed by atoms with Crippen LogP contribution in [0.2, 0.25) is 0 Å². The van der Waals surface area contributed by atoms with Gasteiger partial charge in [0.25, 0.3) is 0 Å². The van der Waals surface area contributed by atoms with Crippen molar-refractivity contribution in [1.82, 2.24) is 4.98 Å². The van der Waals surface area contributed by atoms with E-state index in [1.165, 1.54) is 12.1 Å². The van der Waals surface area contributed by atoms with Crippen molar-refractivity contribution in [3.05, 3.63) is 24.1 Å². The Morgan fingerprint density at radius 1 is 1.29 bits per heavy atom. The van der Waals surface area contributed by atoms with E-state index in [1.807, 2.05) is 0 Å². The molecule has 0 aliphatic carbocycles. The van der Waals surface area contributed by atoms with Crippen LogP contribution in [0.3, 0.4) is 0 Å². The second-order valence-electron chi connectivity index (χ2n) is 2.64. The van der Waals surface area contributed by atoms with E-state index in [4.69, 9.17) is 0 Å². The van der Waals surface area contributed by atoms with Gasteiger partial charge in [-0.05, 0) is 12.1 Å². The number of nitrogens with zero attached hydrogens (tertiary/aromatic N) is 1. The van der Waals surface area contributed by atoms with Crippen molar-refractivity contribution in [2.75, 3.05) is 11.9 Å². The molecular formula is C8H8F4N2. The van der Waals surface area contributed by atoms with Crippen LogP contribution in [-0.4, -0.2) is 17.7 Å². The molecule has 0 aromatic carbocycles. The van der Waals surface area contributed by atoms with Gasteiger partial charge in [-0.1, -0.05) is 6.07 Å². The second-order valence-corrected chi connectivity index (χ2v) is 2.64. The van der Waals surface area contributed by atoms with E-state index in [1.54, 1.807) is 0 Å². The SMILES string of the molecule is Fc1cccc(NCCC(F)(F)F)n1. The molecule has 2 nitrogen and oxygen atoms in total. The normalized spacial score (nSPS) is 11.4. The summed E-state index contributed by atoms with van der Waals surface area (Å²) in [5.74, 6) is -0.615. The molecule has 14 heavy (non-hydrogen) atoms. The van der Waals surface area contributed by atoms with Crippen LogP contribution in [-0.2, 0) is 0 Å².